The van der Waals surface area contributed by atoms with Gasteiger partial charge in [-0.15, -0.1) is 22.7 Å². The van der Waals surface area contributed by atoms with Crippen molar-refractivity contribution in [2.75, 3.05) is 6.61 Å². The average molecular weight is 471 g/mol. The average Bonchev–Trinajstić information content (AvgIpc) is 3.51. The monoisotopic (exact) mass is 470 g/mol. The van der Waals surface area contributed by atoms with Gasteiger partial charge in [0.1, 0.15) is 11.8 Å². The second kappa shape index (κ2) is 13.0. The Labute approximate surface area is 198 Å². The van der Waals surface area contributed by atoms with Crippen LogP contribution < -0.4 is 10.1 Å². The predicted octanol–water partition coefficient (Wildman–Crippen LogP) is 5.48. The first-order valence-corrected chi connectivity index (χ1v) is 12.7. The van der Waals surface area contributed by atoms with Gasteiger partial charge in [-0.1, -0.05) is 50.1 Å². The smallest absolute Gasteiger partial charge is 0.245 e. The number of para-hydroxylation sites is 1. The molecule has 0 bridgehead atoms. The standard InChI is InChI=1S/C25H30N2O3S2/c1-2-3-13-23(26-24(28)14-15-30-20-9-5-4-6-10-20)25(29)27(18-21-11-7-16-31-21)19-22-12-8-17-32-22/h4-12,16-17,23H,2-3,13-15,18-19H2,1H3,(H,26,28)/t23-/m0/s1. The van der Waals surface area contributed by atoms with Gasteiger partial charge in [-0.05, 0) is 41.4 Å². The van der Waals surface area contributed by atoms with Crippen molar-refractivity contribution in [3.8, 4) is 5.75 Å². The van der Waals surface area contributed by atoms with Gasteiger partial charge < -0.3 is 15.0 Å². The molecule has 0 saturated carbocycles. The number of rotatable bonds is 13. The molecule has 0 aliphatic heterocycles. The van der Waals surface area contributed by atoms with E-state index in [0.717, 1.165) is 28.3 Å². The number of amides is 2. The molecule has 0 aliphatic carbocycles. The van der Waals surface area contributed by atoms with Crippen LogP contribution in [-0.2, 0) is 22.7 Å². The summed E-state index contributed by atoms with van der Waals surface area (Å²) < 4.78 is 5.63. The number of benzene rings is 1. The van der Waals surface area contributed by atoms with Crippen molar-refractivity contribution in [2.45, 2.75) is 51.7 Å². The Kier molecular flexibility index (Phi) is 9.78. The van der Waals surface area contributed by atoms with E-state index in [9.17, 15) is 9.59 Å². The summed E-state index contributed by atoms with van der Waals surface area (Å²) in [7, 11) is 0. The maximum atomic E-state index is 13.5. The molecule has 2 aromatic heterocycles. The van der Waals surface area contributed by atoms with Gasteiger partial charge >= 0.3 is 0 Å². The largest absolute Gasteiger partial charge is 0.493 e. The number of thiophene rings is 2. The molecule has 2 amide bonds. The molecule has 3 aromatic rings. The number of carbonyl (C=O) groups is 2. The Morgan fingerprint density at radius 1 is 0.969 bits per heavy atom. The minimum Gasteiger partial charge on any atom is -0.493 e. The summed E-state index contributed by atoms with van der Waals surface area (Å²) in [4.78, 5) is 30.3. The zero-order valence-corrected chi connectivity index (χ0v) is 20.0. The van der Waals surface area contributed by atoms with E-state index in [4.69, 9.17) is 4.74 Å². The molecular weight excluding hydrogens is 440 g/mol. The van der Waals surface area contributed by atoms with E-state index < -0.39 is 6.04 Å². The maximum absolute atomic E-state index is 13.5. The van der Waals surface area contributed by atoms with Crippen molar-refractivity contribution in [3.63, 3.8) is 0 Å². The minimum atomic E-state index is -0.529. The summed E-state index contributed by atoms with van der Waals surface area (Å²) >= 11 is 3.28. The summed E-state index contributed by atoms with van der Waals surface area (Å²) in [6.45, 7) is 3.46. The third-order valence-electron chi connectivity index (χ3n) is 4.99. The lowest BCUT2D eigenvalue weighted by molar-refractivity contribution is -0.137. The number of nitrogens with one attached hydrogen (secondary N) is 1. The van der Waals surface area contributed by atoms with Crippen molar-refractivity contribution in [1.29, 1.82) is 0 Å². The van der Waals surface area contributed by atoms with E-state index in [1.54, 1.807) is 22.7 Å². The number of hydrogen-bond acceptors (Lipinski definition) is 5. The Balaban J connectivity index is 1.62. The van der Waals surface area contributed by atoms with Crippen LogP contribution in [0.15, 0.2) is 65.4 Å². The zero-order chi connectivity index (χ0) is 22.6. The fourth-order valence-corrected chi connectivity index (χ4v) is 4.76. The summed E-state index contributed by atoms with van der Waals surface area (Å²) in [6, 6.07) is 17.0. The summed E-state index contributed by atoms with van der Waals surface area (Å²) in [5.74, 6) is 0.539. The van der Waals surface area contributed by atoms with E-state index in [1.165, 1.54) is 0 Å². The molecule has 1 N–H and O–H groups in total. The Bertz CT molecular complexity index is 891. The number of hydrogen-bond donors (Lipinski definition) is 1. The second-order valence-electron chi connectivity index (χ2n) is 7.53. The Hall–Kier alpha value is -2.64. The lowest BCUT2D eigenvalue weighted by Gasteiger charge is -2.27. The molecule has 0 spiro atoms. The molecule has 0 radical (unpaired) electrons. The van der Waals surface area contributed by atoms with Gasteiger partial charge in [-0.3, -0.25) is 9.59 Å². The van der Waals surface area contributed by atoms with Crippen LogP contribution in [0, 0.1) is 0 Å². The highest BCUT2D eigenvalue weighted by Crippen LogP contribution is 2.19. The van der Waals surface area contributed by atoms with Gasteiger partial charge in [0.25, 0.3) is 0 Å². The van der Waals surface area contributed by atoms with E-state index in [0.29, 0.717) is 19.5 Å². The van der Waals surface area contributed by atoms with Gasteiger partial charge in [0.05, 0.1) is 26.1 Å². The minimum absolute atomic E-state index is 0.0300. The lowest BCUT2D eigenvalue weighted by atomic mass is 10.1. The number of carbonyl (C=O) groups excluding carboxylic acids is 2. The number of nitrogens with zero attached hydrogens (tertiary/aromatic N) is 1. The molecule has 0 unspecified atom stereocenters. The second-order valence-corrected chi connectivity index (χ2v) is 9.59. The topological polar surface area (TPSA) is 58.6 Å². The predicted molar refractivity (Wildman–Crippen MR) is 131 cm³/mol. The van der Waals surface area contributed by atoms with E-state index >= 15 is 0 Å². The first-order valence-electron chi connectivity index (χ1n) is 11.0. The van der Waals surface area contributed by atoms with Gasteiger partial charge in [0.2, 0.25) is 11.8 Å². The van der Waals surface area contributed by atoms with Crippen molar-refractivity contribution < 1.29 is 14.3 Å². The van der Waals surface area contributed by atoms with Crippen LogP contribution in [-0.4, -0.2) is 29.4 Å². The molecule has 0 saturated heterocycles. The maximum Gasteiger partial charge on any atom is 0.245 e. The Morgan fingerprint density at radius 2 is 1.62 bits per heavy atom. The van der Waals surface area contributed by atoms with Crippen LogP contribution in [0.5, 0.6) is 5.75 Å². The molecule has 3 rings (SSSR count). The third kappa shape index (κ3) is 7.80. The quantitative estimate of drug-likeness (QED) is 0.360. The normalized spacial score (nSPS) is 11.7. The van der Waals surface area contributed by atoms with Crippen molar-refractivity contribution in [2.24, 2.45) is 0 Å². The lowest BCUT2D eigenvalue weighted by Crippen LogP contribution is -2.48. The van der Waals surface area contributed by atoms with Crippen LogP contribution in [0.1, 0.15) is 42.4 Å². The van der Waals surface area contributed by atoms with E-state index in [-0.39, 0.29) is 24.8 Å². The van der Waals surface area contributed by atoms with Crippen molar-refractivity contribution in [1.82, 2.24) is 10.2 Å². The van der Waals surface area contributed by atoms with E-state index in [1.807, 2.05) is 70.3 Å². The SMILES string of the molecule is CCCC[C@H](NC(=O)CCOc1ccccc1)C(=O)N(Cc1cccs1)Cc1cccs1. The van der Waals surface area contributed by atoms with Gasteiger partial charge in [0.15, 0.2) is 0 Å². The molecule has 0 fully saturated rings. The van der Waals surface area contributed by atoms with Crippen molar-refractivity contribution >= 4 is 34.5 Å². The first-order chi connectivity index (χ1) is 15.7. The highest BCUT2D eigenvalue weighted by Gasteiger charge is 2.26. The fraction of sp³-hybridized carbons (Fsp3) is 0.360. The zero-order valence-electron chi connectivity index (χ0n) is 18.4. The summed E-state index contributed by atoms with van der Waals surface area (Å²) in [5, 5.41) is 7.01. The van der Waals surface area contributed by atoms with Crippen LogP contribution in [0.4, 0.5) is 0 Å². The first kappa shape index (κ1) is 24.0. The molecule has 1 aromatic carbocycles. The number of unbranched alkanes of at least 4 members (excludes halogenated alkanes) is 1. The van der Waals surface area contributed by atoms with Gasteiger partial charge in [0, 0.05) is 9.75 Å². The molecular formula is C25H30N2O3S2. The summed E-state index contributed by atoms with van der Waals surface area (Å²) in [5.41, 5.74) is 0. The molecule has 1 atom stereocenters. The van der Waals surface area contributed by atoms with Crippen LogP contribution in [0.25, 0.3) is 0 Å². The highest BCUT2D eigenvalue weighted by molar-refractivity contribution is 7.10. The van der Waals surface area contributed by atoms with Gasteiger partial charge in [-0.2, -0.15) is 0 Å². The van der Waals surface area contributed by atoms with Crippen LogP contribution in [0.3, 0.4) is 0 Å². The fourth-order valence-electron chi connectivity index (χ4n) is 3.32. The molecule has 7 heteroatoms. The van der Waals surface area contributed by atoms with Crippen molar-refractivity contribution in [3.05, 3.63) is 75.1 Å². The molecule has 2 heterocycles. The third-order valence-corrected chi connectivity index (χ3v) is 6.71. The molecule has 170 valence electrons. The van der Waals surface area contributed by atoms with Crippen LogP contribution >= 0.6 is 22.7 Å². The van der Waals surface area contributed by atoms with E-state index in [2.05, 4.69) is 12.2 Å². The summed E-state index contributed by atoms with van der Waals surface area (Å²) in [6.07, 6.45) is 2.68. The molecule has 5 nitrogen and oxygen atoms in total. The molecule has 32 heavy (non-hydrogen) atoms. The van der Waals surface area contributed by atoms with Crippen LogP contribution in [0.2, 0.25) is 0 Å². The number of ether oxygens (including phenoxy) is 1. The Morgan fingerprint density at radius 3 is 2.19 bits per heavy atom. The van der Waals surface area contributed by atoms with Gasteiger partial charge in [-0.25, -0.2) is 0 Å². The molecule has 0 aliphatic rings. The highest BCUT2D eigenvalue weighted by atomic mass is 32.1.